The van der Waals surface area contributed by atoms with Crippen LogP contribution in [0.3, 0.4) is 0 Å². The molecule has 8 aromatic carbocycles. The Morgan fingerprint density at radius 2 is 0.516 bits per heavy atom. The van der Waals surface area contributed by atoms with Crippen molar-refractivity contribution in [3.05, 3.63) is 214 Å². The maximum atomic E-state index is 2.46. The number of rotatable bonds is 13. The van der Waals surface area contributed by atoms with Crippen molar-refractivity contribution in [1.82, 2.24) is 0 Å². The molecule has 8 aromatic rings. The summed E-state index contributed by atoms with van der Waals surface area (Å²) < 4.78 is 0. The molecule has 0 saturated carbocycles. The van der Waals surface area contributed by atoms with Crippen LogP contribution in [0.15, 0.2) is 170 Å². The van der Waals surface area contributed by atoms with Gasteiger partial charge in [0.25, 0.3) is 0 Å². The summed E-state index contributed by atoms with van der Waals surface area (Å²) in [6, 6.07) is 63.4. The van der Waals surface area contributed by atoms with Crippen LogP contribution in [-0.2, 0) is 0 Å². The first-order chi connectivity index (χ1) is 30.2. The number of hydrogen-bond acceptors (Lipinski definition) is 2. The summed E-state index contributed by atoms with van der Waals surface area (Å²) in [5.74, 6) is 0. The van der Waals surface area contributed by atoms with Crippen LogP contribution >= 0.6 is 21.6 Å². The van der Waals surface area contributed by atoms with Gasteiger partial charge in [-0.15, -0.1) is 0 Å². The molecule has 8 rings (SSSR count). The summed E-state index contributed by atoms with van der Waals surface area (Å²) in [5.41, 5.74) is 26.3. The Bertz CT molecular complexity index is 2670. The number of benzene rings is 8. The lowest BCUT2D eigenvalue weighted by Crippen LogP contribution is -2.04. The molecule has 0 N–H and O–H groups in total. The second-order valence-electron chi connectivity index (χ2n) is 16.8. The monoisotopic (exact) mass is 842 g/mol. The maximum absolute atomic E-state index is 2.46. The molecule has 310 valence electrons. The second kappa shape index (κ2) is 19.2. The number of hydrogen-bond donors (Lipinski definition) is 0. The third-order valence-corrected chi connectivity index (χ3v) is 16.2. The topological polar surface area (TPSA) is 0 Å². The van der Waals surface area contributed by atoms with E-state index in [1.54, 1.807) is 0 Å². The summed E-state index contributed by atoms with van der Waals surface area (Å²) in [7, 11) is 4.12. The molecule has 0 heterocycles. The Morgan fingerprint density at radius 1 is 0.274 bits per heavy atom. The van der Waals surface area contributed by atoms with Gasteiger partial charge >= 0.3 is 0 Å². The van der Waals surface area contributed by atoms with Crippen LogP contribution in [0.1, 0.15) is 81.7 Å². The van der Waals surface area contributed by atoms with Crippen LogP contribution < -0.4 is 0 Å². The van der Waals surface area contributed by atoms with E-state index in [0.717, 1.165) is 12.8 Å². The minimum atomic E-state index is 0.251. The largest absolute Gasteiger partial charge is 0.0853 e. The molecule has 0 unspecified atom stereocenters. The molecule has 0 fully saturated rings. The van der Waals surface area contributed by atoms with E-state index in [2.05, 4.69) is 247 Å². The highest BCUT2D eigenvalue weighted by Gasteiger charge is 2.28. The van der Waals surface area contributed by atoms with Gasteiger partial charge in [0.1, 0.15) is 0 Å². The number of aryl methyl sites for hydroxylation is 6. The van der Waals surface area contributed by atoms with Crippen molar-refractivity contribution in [2.24, 2.45) is 0 Å². The zero-order valence-corrected chi connectivity index (χ0v) is 39.2. The molecule has 62 heavy (non-hydrogen) atoms. The molecular formula is C60H58S2. The molecular weight excluding hydrogens is 785 g/mol. The molecule has 2 heteroatoms. The van der Waals surface area contributed by atoms with E-state index in [-0.39, 0.29) is 10.5 Å². The molecule has 0 bridgehead atoms. The lowest BCUT2D eigenvalue weighted by Gasteiger charge is -2.28. The molecule has 0 spiro atoms. The van der Waals surface area contributed by atoms with Crippen LogP contribution in [0.5, 0.6) is 0 Å². The predicted octanol–water partition coefficient (Wildman–Crippen LogP) is 18.5. The van der Waals surface area contributed by atoms with Crippen LogP contribution in [-0.4, -0.2) is 0 Å². The second-order valence-corrected chi connectivity index (χ2v) is 19.5. The van der Waals surface area contributed by atoms with E-state index in [9.17, 15) is 0 Å². The summed E-state index contributed by atoms with van der Waals surface area (Å²) in [5, 5.41) is 0.502. The third-order valence-electron chi connectivity index (χ3n) is 12.7. The fourth-order valence-corrected chi connectivity index (χ4v) is 12.7. The van der Waals surface area contributed by atoms with Crippen molar-refractivity contribution < 1.29 is 0 Å². The smallest absolute Gasteiger partial charge is 0.0405 e. The summed E-state index contributed by atoms with van der Waals surface area (Å²) in [6.07, 6.45) is 2.02. The highest BCUT2D eigenvalue weighted by molar-refractivity contribution is 8.76. The van der Waals surface area contributed by atoms with E-state index in [0.29, 0.717) is 0 Å². The van der Waals surface area contributed by atoms with Gasteiger partial charge in [-0.05, 0) is 166 Å². The Kier molecular flexibility index (Phi) is 13.4. The van der Waals surface area contributed by atoms with Crippen molar-refractivity contribution in [2.45, 2.75) is 78.7 Å². The van der Waals surface area contributed by atoms with Gasteiger partial charge in [-0.3, -0.25) is 0 Å². The van der Waals surface area contributed by atoms with E-state index >= 15 is 0 Å². The average Bonchev–Trinajstić information content (AvgIpc) is 3.29. The fourth-order valence-electron chi connectivity index (χ4n) is 9.34. The van der Waals surface area contributed by atoms with Crippen molar-refractivity contribution >= 4 is 21.6 Å². The van der Waals surface area contributed by atoms with Gasteiger partial charge in [0, 0.05) is 10.5 Å². The molecule has 0 aliphatic heterocycles. The van der Waals surface area contributed by atoms with Crippen LogP contribution in [0, 0.1) is 41.5 Å². The first kappa shape index (κ1) is 43.1. The minimum absolute atomic E-state index is 0.251. The minimum Gasteiger partial charge on any atom is -0.0853 e. The standard InChI is InChI=1S/C60H58S2/c1-9-55(53-37-35-51(45-29-17-11-23-39(45)3)57(47-31-19-13-25-41(47)5)59(53)49-33-21-15-27-43(49)7)61-62-56(10-2)54-38-36-52(46-30-18-12-24-40(46)4)58(48-32-20-14-26-42(48)6)60(54)50-34-22-16-28-44(50)8/h11-38,55-56H,9-10H2,1-8H3/t55-,56-/m1/s1. The molecule has 0 aliphatic rings. The van der Waals surface area contributed by atoms with E-state index < -0.39 is 0 Å². The first-order valence-corrected chi connectivity index (χ1v) is 24.5. The Hall–Kier alpha value is -5.54. The van der Waals surface area contributed by atoms with Crippen molar-refractivity contribution in [3.63, 3.8) is 0 Å². The maximum Gasteiger partial charge on any atom is 0.0405 e. The van der Waals surface area contributed by atoms with E-state index in [1.807, 2.05) is 0 Å². The molecule has 0 nitrogen and oxygen atoms in total. The zero-order chi connectivity index (χ0) is 43.3. The fraction of sp³-hybridized carbons (Fsp3) is 0.200. The molecule has 0 saturated heterocycles. The van der Waals surface area contributed by atoms with Crippen LogP contribution in [0.2, 0.25) is 0 Å². The quantitative estimate of drug-likeness (QED) is 0.106. The molecule has 0 amide bonds. The lowest BCUT2D eigenvalue weighted by molar-refractivity contribution is 0.895. The Balaban J connectivity index is 1.32. The normalized spacial score (nSPS) is 12.3. The predicted molar refractivity (Wildman–Crippen MR) is 275 cm³/mol. The van der Waals surface area contributed by atoms with Crippen molar-refractivity contribution in [3.8, 4) is 66.8 Å². The Labute approximate surface area is 379 Å². The van der Waals surface area contributed by atoms with Gasteiger partial charge in [-0.2, -0.15) is 0 Å². The van der Waals surface area contributed by atoms with Gasteiger partial charge in [0.05, 0.1) is 0 Å². The summed E-state index contributed by atoms with van der Waals surface area (Å²) in [6.45, 7) is 18.3. The van der Waals surface area contributed by atoms with Gasteiger partial charge in [0.2, 0.25) is 0 Å². The van der Waals surface area contributed by atoms with Crippen LogP contribution in [0.25, 0.3) is 66.8 Å². The average molecular weight is 843 g/mol. The SMILES string of the molecule is CC[C@@H](SS[C@H](CC)c1ccc(-c2ccccc2C)c(-c2ccccc2C)c1-c1ccccc1C)c1ccc(-c2ccccc2C)c(-c2ccccc2C)c1-c1ccccc1C. The molecule has 0 aliphatic carbocycles. The Morgan fingerprint density at radius 3 is 0.774 bits per heavy atom. The van der Waals surface area contributed by atoms with Crippen molar-refractivity contribution in [2.75, 3.05) is 0 Å². The van der Waals surface area contributed by atoms with Crippen molar-refractivity contribution in [1.29, 1.82) is 0 Å². The third kappa shape index (κ3) is 8.48. The molecule has 2 atom stereocenters. The first-order valence-electron chi connectivity index (χ1n) is 22.2. The van der Waals surface area contributed by atoms with E-state index in [1.165, 1.54) is 111 Å². The zero-order valence-electron chi connectivity index (χ0n) is 37.6. The summed E-state index contributed by atoms with van der Waals surface area (Å²) in [4.78, 5) is 0. The lowest BCUT2D eigenvalue weighted by atomic mass is 9.81. The highest BCUT2D eigenvalue weighted by Crippen LogP contribution is 2.56. The summed E-state index contributed by atoms with van der Waals surface area (Å²) >= 11 is 0. The van der Waals surface area contributed by atoms with Gasteiger partial charge in [-0.1, -0.05) is 205 Å². The van der Waals surface area contributed by atoms with Gasteiger partial charge in [0.15, 0.2) is 0 Å². The molecule has 0 aromatic heterocycles. The highest BCUT2D eigenvalue weighted by atomic mass is 33.1. The van der Waals surface area contributed by atoms with Gasteiger partial charge in [-0.25, -0.2) is 0 Å². The van der Waals surface area contributed by atoms with Gasteiger partial charge < -0.3 is 0 Å². The van der Waals surface area contributed by atoms with Crippen LogP contribution in [0.4, 0.5) is 0 Å². The molecule has 0 radical (unpaired) electrons. The van der Waals surface area contributed by atoms with E-state index in [4.69, 9.17) is 0 Å².